The van der Waals surface area contributed by atoms with Crippen molar-refractivity contribution in [1.82, 2.24) is 0 Å². The molecule has 0 unspecified atom stereocenters. The van der Waals surface area contributed by atoms with Crippen LogP contribution in [0.5, 0.6) is 5.75 Å². The number of carbonyl (C=O) groups is 1. The summed E-state index contributed by atoms with van der Waals surface area (Å²) in [5.41, 5.74) is 2.27. The average Bonchev–Trinajstić information content (AvgIpc) is 3.18. The van der Waals surface area contributed by atoms with Crippen molar-refractivity contribution < 1.29 is 26.7 Å². The van der Waals surface area contributed by atoms with E-state index >= 15 is 0 Å². The summed E-state index contributed by atoms with van der Waals surface area (Å²) in [7, 11) is -3.10. The Balaban J connectivity index is 1.48. The number of Topliss-reactive ketones (excluding diaryl/α,β-unsaturated/α-hetero) is 1. The molecule has 5 rings (SSSR count). The molecule has 0 aromatic heterocycles. The van der Waals surface area contributed by atoms with Crippen molar-refractivity contribution in [2.45, 2.75) is 51.7 Å². The van der Waals surface area contributed by atoms with Crippen molar-refractivity contribution in [3.8, 4) is 5.75 Å². The van der Waals surface area contributed by atoms with E-state index in [1.165, 1.54) is 6.07 Å². The predicted molar refractivity (Wildman–Crippen MR) is 131 cm³/mol. The van der Waals surface area contributed by atoms with Gasteiger partial charge in [-0.3, -0.25) is 9.69 Å². The SMILES string of the molecule is C=C1N(c2cccc(OC(F)F)c2)c2ccc(C(=O)C[C@]3(C)CCS(=O)(=O)C3)cc2N1C1CCC1. The van der Waals surface area contributed by atoms with Gasteiger partial charge >= 0.3 is 6.61 Å². The van der Waals surface area contributed by atoms with Crippen LogP contribution in [0.3, 0.4) is 0 Å². The lowest BCUT2D eigenvalue weighted by molar-refractivity contribution is -0.0498. The quantitative estimate of drug-likeness (QED) is 0.455. The first-order valence-corrected chi connectivity index (χ1v) is 13.6. The highest BCUT2D eigenvalue weighted by Crippen LogP contribution is 2.50. The lowest BCUT2D eigenvalue weighted by Crippen LogP contribution is -2.39. The van der Waals surface area contributed by atoms with E-state index in [0.29, 0.717) is 23.5 Å². The molecule has 0 N–H and O–H groups in total. The maximum atomic E-state index is 13.2. The fourth-order valence-electron chi connectivity index (χ4n) is 5.31. The molecular formula is C26H28F2N2O4S. The molecular weight excluding hydrogens is 474 g/mol. The summed E-state index contributed by atoms with van der Waals surface area (Å²) in [5, 5.41) is 0. The first-order chi connectivity index (χ1) is 16.6. The minimum atomic E-state index is -3.10. The zero-order valence-corrected chi connectivity index (χ0v) is 20.4. The third-order valence-corrected chi connectivity index (χ3v) is 9.21. The molecule has 3 aliphatic rings. The summed E-state index contributed by atoms with van der Waals surface area (Å²) in [6.07, 6.45) is 3.75. The number of fused-ring (bicyclic) bond motifs is 1. The molecule has 2 aliphatic heterocycles. The number of sulfone groups is 1. The monoisotopic (exact) mass is 502 g/mol. The number of hydrogen-bond donors (Lipinski definition) is 0. The Labute approximate surface area is 204 Å². The lowest BCUT2D eigenvalue weighted by atomic mass is 9.83. The van der Waals surface area contributed by atoms with Crippen LogP contribution in [0.1, 0.15) is 49.4 Å². The van der Waals surface area contributed by atoms with Crippen LogP contribution in [-0.4, -0.2) is 38.4 Å². The fourth-order valence-corrected chi connectivity index (χ4v) is 7.57. The number of benzene rings is 2. The van der Waals surface area contributed by atoms with Gasteiger partial charge in [-0.2, -0.15) is 8.78 Å². The van der Waals surface area contributed by atoms with E-state index in [0.717, 1.165) is 30.6 Å². The van der Waals surface area contributed by atoms with E-state index in [1.54, 1.807) is 24.3 Å². The molecule has 0 bridgehead atoms. The van der Waals surface area contributed by atoms with Crippen LogP contribution >= 0.6 is 0 Å². The largest absolute Gasteiger partial charge is 0.435 e. The molecule has 2 fully saturated rings. The van der Waals surface area contributed by atoms with Crippen LogP contribution in [0.2, 0.25) is 0 Å². The molecule has 6 nitrogen and oxygen atoms in total. The number of halogens is 2. The molecule has 0 radical (unpaired) electrons. The fraction of sp³-hybridized carbons (Fsp3) is 0.423. The summed E-state index contributed by atoms with van der Waals surface area (Å²) < 4.78 is 54.1. The van der Waals surface area contributed by atoms with Crippen molar-refractivity contribution >= 4 is 32.7 Å². The van der Waals surface area contributed by atoms with Gasteiger partial charge in [0.1, 0.15) is 11.6 Å². The van der Waals surface area contributed by atoms with Gasteiger partial charge in [-0.25, -0.2) is 8.42 Å². The molecule has 9 heteroatoms. The molecule has 1 saturated carbocycles. The molecule has 1 aliphatic carbocycles. The highest BCUT2D eigenvalue weighted by Gasteiger charge is 2.41. The highest BCUT2D eigenvalue weighted by atomic mass is 32.2. The maximum absolute atomic E-state index is 13.2. The van der Waals surface area contributed by atoms with Crippen molar-refractivity contribution in [2.24, 2.45) is 5.41 Å². The number of ether oxygens (including phenoxy) is 1. The number of carbonyl (C=O) groups excluding carboxylic acids is 1. The van der Waals surface area contributed by atoms with Crippen LogP contribution in [-0.2, 0) is 9.84 Å². The van der Waals surface area contributed by atoms with Gasteiger partial charge in [0.2, 0.25) is 0 Å². The van der Waals surface area contributed by atoms with E-state index in [2.05, 4.69) is 16.2 Å². The minimum absolute atomic E-state index is 0.0342. The first kappa shape index (κ1) is 23.8. The van der Waals surface area contributed by atoms with Crippen molar-refractivity contribution in [3.63, 3.8) is 0 Å². The Morgan fingerprint density at radius 3 is 2.60 bits per heavy atom. The summed E-state index contributed by atoms with van der Waals surface area (Å²) in [6, 6.07) is 12.2. The average molecular weight is 503 g/mol. The van der Waals surface area contributed by atoms with E-state index in [9.17, 15) is 22.0 Å². The lowest BCUT2D eigenvalue weighted by Gasteiger charge is -2.37. The van der Waals surface area contributed by atoms with Gasteiger partial charge in [0, 0.05) is 24.1 Å². The summed E-state index contributed by atoms with van der Waals surface area (Å²) in [4.78, 5) is 17.2. The van der Waals surface area contributed by atoms with E-state index < -0.39 is 21.9 Å². The van der Waals surface area contributed by atoms with Crippen molar-refractivity contribution in [3.05, 3.63) is 60.4 Å². The van der Waals surface area contributed by atoms with Gasteiger partial charge in [-0.1, -0.05) is 19.6 Å². The van der Waals surface area contributed by atoms with Gasteiger partial charge in [-0.15, -0.1) is 0 Å². The van der Waals surface area contributed by atoms with Crippen molar-refractivity contribution in [1.29, 1.82) is 0 Å². The maximum Gasteiger partial charge on any atom is 0.387 e. The normalized spacial score (nSPS) is 23.5. The molecule has 2 aromatic carbocycles. The van der Waals surface area contributed by atoms with Gasteiger partial charge in [-0.05, 0) is 61.4 Å². The molecule has 1 atom stereocenters. The van der Waals surface area contributed by atoms with Crippen molar-refractivity contribution in [2.75, 3.05) is 21.3 Å². The standard InChI is InChI=1S/C26H28F2N2O4S/c1-17-29(19-5-3-6-19)23-13-18(24(31)15-26(2)11-12-35(32,33)16-26)9-10-22(23)30(17)20-7-4-8-21(14-20)34-25(27)28/h4,7-10,13-14,19,25H,1,3,5-6,11-12,15-16H2,2H3/t26-/m0/s1. The molecule has 2 heterocycles. The van der Waals surface area contributed by atoms with Crippen LogP contribution in [0.15, 0.2) is 54.9 Å². The number of alkyl halides is 2. The van der Waals surface area contributed by atoms with E-state index in [-0.39, 0.29) is 35.5 Å². The van der Waals surface area contributed by atoms with Gasteiger partial charge in [0.25, 0.3) is 0 Å². The Kier molecular flexibility index (Phi) is 5.86. The molecule has 35 heavy (non-hydrogen) atoms. The summed E-state index contributed by atoms with van der Waals surface area (Å²) >= 11 is 0. The second-order valence-corrected chi connectivity index (χ2v) is 12.2. The third kappa shape index (κ3) is 4.53. The first-order valence-electron chi connectivity index (χ1n) is 11.8. The zero-order valence-electron chi connectivity index (χ0n) is 19.5. The summed E-state index contributed by atoms with van der Waals surface area (Å²) in [6.45, 7) is 3.24. The molecule has 1 saturated heterocycles. The number of hydrogen-bond acceptors (Lipinski definition) is 6. The molecule has 0 amide bonds. The van der Waals surface area contributed by atoms with E-state index in [4.69, 9.17) is 0 Å². The molecule has 0 spiro atoms. The zero-order chi connectivity index (χ0) is 25.0. The van der Waals surface area contributed by atoms with Gasteiger partial charge in [0.05, 0.1) is 28.6 Å². The highest BCUT2D eigenvalue weighted by molar-refractivity contribution is 7.91. The van der Waals surface area contributed by atoms with Gasteiger partial charge in [0.15, 0.2) is 15.6 Å². The Hall–Kier alpha value is -2.94. The molecule has 2 aromatic rings. The van der Waals surface area contributed by atoms with Crippen LogP contribution in [0, 0.1) is 5.41 Å². The second-order valence-electron chi connectivity index (χ2n) is 10.0. The Morgan fingerprint density at radius 2 is 1.97 bits per heavy atom. The number of anilines is 3. The smallest absolute Gasteiger partial charge is 0.387 e. The number of nitrogens with zero attached hydrogens (tertiary/aromatic N) is 2. The van der Waals surface area contributed by atoms with Crippen LogP contribution in [0.25, 0.3) is 0 Å². The van der Waals surface area contributed by atoms with Gasteiger partial charge < -0.3 is 9.64 Å². The van der Waals surface area contributed by atoms with Crippen LogP contribution < -0.4 is 14.5 Å². The third-order valence-electron chi connectivity index (χ3n) is 7.25. The predicted octanol–water partition coefficient (Wildman–Crippen LogP) is 5.67. The topological polar surface area (TPSA) is 66.9 Å². The number of rotatable bonds is 7. The number of ketones is 1. The van der Waals surface area contributed by atoms with Crippen LogP contribution in [0.4, 0.5) is 25.8 Å². The Morgan fingerprint density at radius 1 is 1.20 bits per heavy atom. The summed E-state index contributed by atoms with van der Waals surface area (Å²) in [5.74, 6) is 0.821. The second kappa shape index (κ2) is 8.62. The minimum Gasteiger partial charge on any atom is -0.435 e. The Bertz CT molecular complexity index is 1290. The molecule has 186 valence electrons. The van der Waals surface area contributed by atoms with E-state index in [1.807, 2.05) is 24.0 Å².